The number of hydrogen-bond acceptors (Lipinski definition) is 4. The molecule has 2 rings (SSSR count). The molecule has 2 N–H and O–H groups in total. The van der Waals surface area contributed by atoms with Crippen LogP contribution in [0.5, 0.6) is 5.75 Å². The zero-order valence-electron chi connectivity index (χ0n) is 11.9. The van der Waals surface area contributed by atoms with E-state index in [4.69, 9.17) is 10.5 Å². The van der Waals surface area contributed by atoms with Gasteiger partial charge in [0, 0.05) is 12.1 Å². The van der Waals surface area contributed by atoms with Gasteiger partial charge in [-0.25, -0.2) is 0 Å². The van der Waals surface area contributed by atoms with Gasteiger partial charge in [0.15, 0.2) is 5.78 Å². The minimum atomic E-state index is -0.514. The Morgan fingerprint density at radius 3 is 2.50 bits per heavy atom. The van der Waals surface area contributed by atoms with Gasteiger partial charge in [-0.1, -0.05) is 0 Å². The van der Waals surface area contributed by atoms with Gasteiger partial charge in [-0.3, -0.25) is 14.5 Å². The molecule has 1 aromatic rings. The number of likely N-dealkylation sites (tertiary alicyclic amines) is 1. The normalized spacial score (nSPS) is 22.7. The topological polar surface area (TPSA) is 72.6 Å². The van der Waals surface area contributed by atoms with Crippen LogP contribution in [0.3, 0.4) is 0 Å². The summed E-state index contributed by atoms with van der Waals surface area (Å²) in [6, 6.07) is 7.05. The first-order chi connectivity index (χ1) is 9.44. The van der Waals surface area contributed by atoms with Crippen LogP contribution in [0.4, 0.5) is 0 Å². The van der Waals surface area contributed by atoms with Gasteiger partial charge in [-0.15, -0.1) is 0 Å². The van der Waals surface area contributed by atoms with Crippen molar-refractivity contribution in [2.24, 2.45) is 11.1 Å². The van der Waals surface area contributed by atoms with E-state index >= 15 is 0 Å². The van der Waals surface area contributed by atoms with Crippen molar-refractivity contribution in [2.75, 3.05) is 26.7 Å². The number of Topliss-reactive ketones (excluding diaryl/α,β-unsaturated/α-hetero) is 1. The molecule has 1 aromatic carbocycles. The quantitative estimate of drug-likeness (QED) is 0.817. The number of amides is 1. The second-order valence-electron chi connectivity index (χ2n) is 5.54. The number of carbonyl (C=O) groups excluding carboxylic acids is 2. The molecule has 0 spiro atoms. The Morgan fingerprint density at radius 2 is 2.00 bits per heavy atom. The van der Waals surface area contributed by atoms with E-state index in [9.17, 15) is 9.59 Å². The fourth-order valence-electron chi connectivity index (χ4n) is 2.46. The van der Waals surface area contributed by atoms with Crippen molar-refractivity contribution < 1.29 is 14.3 Å². The third-order valence-electron chi connectivity index (χ3n) is 3.93. The van der Waals surface area contributed by atoms with E-state index in [0.717, 1.165) is 12.3 Å². The molecule has 1 heterocycles. The Balaban J connectivity index is 1.97. The van der Waals surface area contributed by atoms with Crippen LogP contribution in [0.1, 0.15) is 23.7 Å². The second-order valence-corrected chi connectivity index (χ2v) is 5.54. The molecular weight excluding hydrogens is 256 g/mol. The van der Waals surface area contributed by atoms with Crippen LogP contribution < -0.4 is 10.5 Å². The van der Waals surface area contributed by atoms with Crippen LogP contribution in [0.25, 0.3) is 0 Å². The lowest BCUT2D eigenvalue weighted by Crippen LogP contribution is -2.38. The van der Waals surface area contributed by atoms with Gasteiger partial charge in [0.2, 0.25) is 5.91 Å². The summed E-state index contributed by atoms with van der Waals surface area (Å²) in [6.45, 7) is 3.44. The molecule has 0 aliphatic carbocycles. The van der Waals surface area contributed by atoms with E-state index in [1.807, 2.05) is 11.8 Å². The Bertz CT molecular complexity index is 512. The largest absolute Gasteiger partial charge is 0.497 e. The summed E-state index contributed by atoms with van der Waals surface area (Å²) in [5, 5.41) is 0. The number of nitrogens with two attached hydrogens (primary N) is 1. The highest BCUT2D eigenvalue weighted by molar-refractivity contribution is 5.97. The van der Waals surface area contributed by atoms with Crippen molar-refractivity contribution in [3.05, 3.63) is 29.8 Å². The molecule has 0 bridgehead atoms. The summed E-state index contributed by atoms with van der Waals surface area (Å²) in [7, 11) is 1.59. The van der Waals surface area contributed by atoms with Crippen LogP contribution in [0, 0.1) is 5.41 Å². The zero-order valence-corrected chi connectivity index (χ0v) is 11.9. The molecule has 0 aromatic heterocycles. The Hall–Kier alpha value is -1.88. The number of carbonyl (C=O) groups is 2. The van der Waals surface area contributed by atoms with Gasteiger partial charge in [0.1, 0.15) is 5.75 Å². The maximum Gasteiger partial charge on any atom is 0.224 e. The smallest absolute Gasteiger partial charge is 0.224 e. The number of primary amides is 1. The fourth-order valence-corrected chi connectivity index (χ4v) is 2.46. The van der Waals surface area contributed by atoms with Crippen LogP contribution in [0.2, 0.25) is 0 Å². The molecule has 1 saturated heterocycles. The van der Waals surface area contributed by atoms with E-state index in [1.165, 1.54) is 0 Å². The van der Waals surface area contributed by atoms with Crippen molar-refractivity contribution in [3.63, 3.8) is 0 Å². The number of ether oxygens (including phenoxy) is 1. The predicted molar refractivity (Wildman–Crippen MR) is 75.7 cm³/mol. The lowest BCUT2D eigenvalue weighted by Gasteiger charge is -2.20. The minimum Gasteiger partial charge on any atom is -0.497 e. The van der Waals surface area contributed by atoms with Crippen LogP contribution >= 0.6 is 0 Å². The highest BCUT2D eigenvalue weighted by Crippen LogP contribution is 2.29. The monoisotopic (exact) mass is 276 g/mol. The third-order valence-corrected chi connectivity index (χ3v) is 3.93. The van der Waals surface area contributed by atoms with Crippen LogP contribution in [-0.4, -0.2) is 43.3 Å². The summed E-state index contributed by atoms with van der Waals surface area (Å²) in [5.41, 5.74) is 5.54. The van der Waals surface area contributed by atoms with Gasteiger partial charge >= 0.3 is 0 Å². The summed E-state index contributed by atoms with van der Waals surface area (Å²) < 4.78 is 5.06. The van der Waals surface area contributed by atoms with E-state index in [1.54, 1.807) is 31.4 Å². The highest BCUT2D eigenvalue weighted by Gasteiger charge is 2.39. The van der Waals surface area contributed by atoms with Crippen molar-refractivity contribution in [1.29, 1.82) is 0 Å². The van der Waals surface area contributed by atoms with E-state index in [2.05, 4.69) is 0 Å². The standard InChI is InChI=1S/C15H20N2O3/c1-15(14(16)19)7-8-17(10-15)9-13(18)11-3-5-12(20-2)6-4-11/h3-6H,7-10H2,1-2H3,(H2,16,19). The fraction of sp³-hybridized carbons (Fsp3) is 0.467. The maximum atomic E-state index is 12.2. The molecule has 108 valence electrons. The maximum absolute atomic E-state index is 12.2. The number of nitrogens with zero attached hydrogens (tertiary/aromatic N) is 1. The van der Waals surface area contributed by atoms with Gasteiger partial charge in [-0.05, 0) is 44.2 Å². The molecule has 1 aliphatic heterocycles. The molecular formula is C15H20N2O3. The molecule has 5 nitrogen and oxygen atoms in total. The molecule has 5 heteroatoms. The van der Waals surface area contributed by atoms with E-state index < -0.39 is 5.41 Å². The Morgan fingerprint density at radius 1 is 1.35 bits per heavy atom. The van der Waals surface area contributed by atoms with Crippen molar-refractivity contribution in [2.45, 2.75) is 13.3 Å². The number of ketones is 1. The molecule has 1 atom stereocenters. The minimum absolute atomic E-state index is 0.0429. The predicted octanol–water partition coefficient (Wildman–Crippen LogP) is 1.08. The SMILES string of the molecule is COc1ccc(C(=O)CN2CCC(C)(C(N)=O)C2)cc1. The van der Waals surface area contributed by atoms with Gasteiger partial charge in [0.25, 0.3) is 0 Å². The molecule has 1 aliphatic rings. The van der Waals surface area contributed by atoms with Crippen molar-refractivity contribution >= 4 is 11.7 Å². The average molecular weight is 276 g/mol. The molecule has 20 heavy (non-hydrogen) atoms. The Labute approximate surface area is 118 Å². The van der Waals surface area contributed by atoms with Crippen LogP contribution in [-0.2, 0) is 4.79 Å². The highest BCUT2D eigenvalue weighted by atomic mass is 16.5. The van der Waals surface area contributed by atoms with E-state index in [-0.39, 0.29) is 11.7 Å². The lowest BCUT2D eigenvalue weighted by molar-refractivity contribution is -0.126. The molecule has 0 saturated carbocycles. The van der Waals surface area contributed by atoms with Crippen molar-refractivity contribution in [1.82, 2.24) is 4.90 Å². The zero-order chi connectivity index (χ0) is 14.8. The molecule has 1 fully saturated rings. The lowest BCUT2D eigenvalue weighted by atomic mass is 9.89. The Kier molecular flexibility index (Phi) is 4.09. The third kappa shape index (κ3) is 2.99. The summed E-state index contributed by atoms with van der Waals surface area (Å²) >= 11 is 0. The first-order valence-corrected chi connectivity index (χ1v) is 6.64. The first kappa shape index (κ1) is 14.5. The second kappa shape index (κ2) is 5.63. The molecule has 1 unspecified atom stereocenters. The first-order valence-electron chi connectivity index (χ1n) is 6.64. The van der Waals surface area contributed by atoms with Crippen molar-refractivity contribution in [3.8, 4) is 5.75 Å². The number of benzene rings is 1. The molecule has 0 radical (unpaired) electrons. The van der Waals surface area contributed by atoms with Gasteiger partial charge in [-0.2, -0.15) is 0 Å². The van der Waals surface area contributed by atoms with E-state index in [0.29, 0.717) is 25.1 Å². The summed E-state index contributed by atoms with van der Waals surface area (Å²) in [5.74, 6) is 0.474. The number of hydrogen-bond donors (Lipinski definition) is 1. The van der Waals surface area contributed by atoms with Gasteiger partial charge < -0.3 is 10.5 Å². The number of methoxy groups -OCH3 is 1. The average Bonchev–Trinajstić information content (AvgIpc) is 2.82. The summed E-state index contributed by atoms with van der Waals surface area (Å²) in [6.07, 6.45) is 0.707. The number of rotatable bonds is 5. The van der Waals surface area contributed by atoms with Gasteiger partial charge in [0.05, 0.1) is 19.1 Å². The molecule has 1 amide bonds. The summed E-state index contributed by atoms with van der Waals surface area (Å²) in [4.78, 5) is 25.6. The van der Waals surface area contributed by atoms with Crippen LogP contribution in [0.15, 0.2) is 24.3 Å².